The van der Waals surface area contributed by atoms with Crippen molar-refractivity contribution < 1.29 is 23.8 Å². The number of carbonyl (C=O) groups is 1. The zero-order valence-electron chi connectivity index (χ0n) is 23.2. The maximum atomic E-state index is 15.1. The summed E-state index contributed by atoms with van der Waals surface area (Å²) in [6.45, 7) is 7.07. The number of aryl methyl sites for hydroxylation is 1. The molecule has 0 radical (unpaired) electrons. The maximum absolute atomic E-state index is 15.1. The van der Waals surface area contributed by atoms with E-state index in [-0.39, 0.29) is 28.5 Å². The number of halogens is 1. The fourth-order valence-electron chi connectivity index (χ4n) is 7.78. The number of fused-ring (bicyclic) bond motifs is 2. The van der Waals surface area contributed by atoms with E-state index in [9.17, 15) is 9.90 Å². The van der Waals surface area contributed by atoms with Crippen LogP contribution < -0.4 is 9.47 Å². The molecule has 3 aliphatic rings. The van der Waals surface area contributed by atoms with Crippen molar-refractivity contribution in [1.29, 1.82) is 0 Å². The Labute approximate surface area is 230 Å². The molecule has 204 valence electrons. The Kier molecular flexibility index (Phi) is 6.24. The molecule has 2 saturated carbocycles. The average molecular weight is 529 g/mol. The summed E-state index contributed by atoms with van der Waals surface area (Å²) in [7, 11) is 1.60. The number of carboxylic acid groups (broad SMARTS) is 1. The molecule has 39 heavy (non-hydrogen) atoms. The third-order valence-electron chi connectivity index (χ3n) is 10.0. The standard InChI is InChI=1S/C34H37FO4/c1-20-31(32(36)37)34(20)15-13-22-8-9-24(18-29(22)34)39-19-21-7-11-25(27-17-23(38-4)10-12-30(27)35)26(16-21)28-6-5-14-33(28,2)3/h7-12,16-18,20,28,31H,5-6,13-15,19H2,1-4H3,(H,36,37)/t20-,28+,31-,34+/m0/s1. The topological polar surface area (TPSA) is 55.8 Å². The molecule has 0 bridgehead atoms. The zero-order chi connectivity index (χ0) is 27.5. The SMILES string of the molecule is COc1ccc(F)c(-c2ccc(COc3ccc4c(c3)[C@]3(CC4)[C@H](C(=O)O)[C@@H]3C)cc2[C@H]2CCCC2(C)C)c1. The van der Waals surface area contributed by atoms with Gasteiger partial charge in [-0.05, 0) is 101 Å². The second kappa shape index (κ2) is 9.39. The van der Waals surface area contributed by atoms with Crippen LogP contribution in [0.5, 0.6) is 11.5 Å². The lowest BCUT2D eigenvalue weighted by Gasteiger charge is -2.30. The fraction of sp³-hybridized carbons (Fsp3) is 0.441. The molecule has 0 saturated heterocycles. The van der Waals surface area contributed by atoms with Crippen molar-refractivity contribution in [3.63, 3.8) is 0 Å². The first-order chi connectivity index (χ1) is 18.7. The Bertz CT molecular complexity index is 1440. The lowest BCUT2D eigenvalue weighted by Crippen LogP contribution is -2.17. The lowest BCUT2D eigenvalue weighted by molar-refractivity contribution is -0.139. The Morgan fingerprint density at radius 2 is 1.82 bits per heavy atom. The summed E-state index contributed by atoms with van der Waals surface area (Å²) in [5.41, 5.74) is 5.95. The van der Waals surface area contributed by atoms with Gasteiger partial charge in [-0.25, -0.2) is 4.39 Å². The molecule has 1 N–H and O–H groups in total. The van der Waals surface area contributed by atoms with Crippen LogP contribution in [0.25, 0.3) is 11.1 Å². The maximum Gasteiger partial charge on any atom is 0.307 e. The molecule has 0 heterocycles. The minimum absolute atomic E-state index is 0.125. The lowest BCUT2D eigenvalue weighted by atomic mass is 9.75. The minimum Gasteiger partial charge on any atom is -0.497 e. The third-order valence-corrected chi connectivity index (χ3v) is 10.0. The van der Waals surface area contributed by atoms with Gasteiger partial charge in [-0.15, -0.1) is 0 Å². The zero-order valence-corrected chi connectivity index (χ0v) is 23.2. The number of rotatable bonds is 7. The van der Waals surface area contributed by atoms with Gasteiger partial charge in [0.05, 0.1) is 13.0 Å². The van der Waals surface area contributed by atoms with Gasteiger partial charge < -0.3 is 14.6 Å². The molecule has 4 nitrogen and oxygen atoms in total. The van der Waals surface area contributed by atoms with Crippen LogP contribution in [0.15, 0.2) is 54.6 Å². The smallest absolute Gasteiger partial charge is 0.307 e. The summed E-state index contributed by atoms with van der Waals surface area (Å²) >= 11 is 0. The molecule has 1 spiro atoms. The summed E-state index contributed by atoms with van der Waals surface area (Å²) in [5, 5.41) is 9.74. The average Bonchev–Trinajstić information content (AvgIpc) is 3.15. The molecular weight excluding hydrogens is 491 g/mol. The van der Waals surface area contributed by atoms with Crippen LogP contribution in [-0.2, 0) is 23.2 Å². The van der Waals surface area contributed by atoms with Gasteiger partial charge in [0.2, 0.25) is 0 Å². The van der Waals surface area contributed by atoms with Gasteiger partial charge in [0.15, 0.2) is 0 Å². The molecule has 4 atom stereocenters. The van der Waals surface area contributed by atoms with E-state index in [1.165, 1.54) is 11.6 Å². The Morgan fingerprint density at radius 3 is 2.51 bits per heavy atom. The number of ether oxygens (including phenoxy) is 2. The molecule has 3 aromatic rings. The van der Waals surface area contributed by atoms with Crippen LogP contribution in [0.4, 0.5) is 4.39 Å². The van der Waals surface area contributed by atoms with Gasteiger partial charge in [-0.2, -0.15) is 0 Å². The molecule has 3 aliphatic carbocycles. The Morgan fingerprint density at radius 1 is 1.03 bits per heavy atom. The summed E-state index contributed by atoms with van der Waals surface area (Å²) in [6, 6.07) is 17.3. The summed E-state index contributed by atoms with van der Waals surface area (Å²) < 4.78 is 26.8. The summed E-state index contributed by atoms with van der Waals surface area (Å²) in [6.07, 6.45) is 5.20. The molecule has 6 rings (SSSR count). The monoisotopic (exact) mass is 528 g/mol. The normalized spacial score (nSPS) is 26.4. The first-order valence-electron chi connectivity index (χ1n) is 14.1. The highest BCUT2D eigenvalue weighted by Crippen LogP contribution is 2.66. The van der Waals surface area contributed by atoms with E-state index in [0.717, 1.165) is 60.1 Å². The molecule has 3 aromatic carbocycles. The van der Waals surface area contributed by atoms with Crippen LogP contribution in [-0.4, -0.2) is 18.2 Å². The summed E-state index contributed by atoms with van der Waals surface area (Å²) in [5.74, 6) is 0.616. The molecule has 5 heteroatoms. The molecule has 0 unspecified atom stereocenters. The number of hydrogen-bond acceptors (Lipinski definition) is 3. The van der Waals surface area contributed by atoms with E-state index in [4.69, 9.17) is 9.47 Å². The van der Waals surface area contributed by atoms with E-state index in [2.05, 4.69) is 39.0 Å². The third kappa shape index (κ3) is 4.21. The van der Waals surface area contributed by atoms with E-state index in [1.54, 1.807) is 19.2 Å². The van der Waals surface area contributed by atoms with Crippen molar-refractivity contribution in [2.75, 3.05) is 7.11 Å². The van der Waals surface area contributed by atoms with E-state index < -0.39 is 5.97 Å². The quantitative estimate of drug-likeness (QED) is 0.339. The van der Waals surface area contributed by atoms with Gasteiger partial charge in [-0.1, -0.05) is 51.5 Å². The second-order valence-electron chi connectivity index (χ2n) is 12.5. The molecular formula is C34H37FO4. The number of hydrogen-bond donors (Lipinski definition) is 1. The van der Waals surface area contributed by atoms with Gasteiger partial charge in [0, 0.05) is 11.0 Å². The van der Waals surface area contributed by atoms with Crippen molar-refractivity contribution >= 4 is 5.97 Å². The number of benzene rings is 3. The van der Waals surface area contributed by atoms with Gasteiger partial charge in [0.25, 0.3) is 0 Å². The predicted octanol–water partition coefficient (Wildman–Crippen LogP) is 7.91. The fourth-order valence-corrected chi connectivity index (χ4v) is 7.78. The largest absolute Gasteiger partial charge is 0.497 e. The summed E-state index contributed by atoms with van der Waals surface area (Å²) in [4.78, 5) is 11.9. The van der Waals surface area contributed by atoms with Crippen molar-refractivity contribution in [2.24, 2.45) is 17.3 Å². The molecule has 0 aromatic heterocycles. The Balaban J connectivity index is 1.31. The van der Waals surface area contributed by atoms with Crippen LogP contribution >= 0.6 is 0 Å². The number of aliphatic carboxylic acids is 1. The van der Waals surface area contributed by atoms with Crippen LogP contribution in [0, 0.1) is 23.1 Å². The van der Waals surface area contributed by atoms with Crippen LogP contribution in [0.1, 0.15) is 74.6 Å². The van der Waals surface area contributed by atoms with Crippen LogP contribution in [0.3, 0.4) is 0 Å². The van der Waals surface area contributed by atoms with Crippen LogP contribution in [0.2, 0.25) is 0 Å². The second-order valence-corrected chi connectivity index (χ2v) is 12.5. The molecule has 0 amide bonds. The van der Waals surface area contributed by atoms with E-state index >= 15 is 4.39 Å². The van der Waals surface area contributed by atoms with Crippen molar-refractivity contribution in [2.45, 2.75) is 70.8 Å². The van der Waals surface area contributed by atoms with Crippen molar-refractivity contribution in [1.82, 2.24) is 0 Å². The highest BCUT2D eigenvalue weighted by Gasteiger charge is 2.68. The molecule has 2 fully saturated rings. The Hall–Kier alpha value is -3.34. The number of methoxy groups -OCH3 is 1. The van der Waals surface area contributed by atoms with Gasteiger partial charge >= 0.3 is 5.97 Å². The van der Waals surface area contributed by atoms with Crippen molar-refractivity contribution in [3.05, 3.63) is 82.7 Å². The predicted molar refractivity (Wildman–Crippen MR) is 150 cm³/mol. The van der Waals surface area contributed by atoms with Crippen molar-refractivity contribution in [3.8, 4) is 22.6 Å². The highest BCUT2D eigenvalue weighted by molar-refractivity contribution is 5.79. The first-order valence-corrected chi connectivity index (χ1v) is 14.1. The van der Waals surface area contributed by atoms with Gasteiger partial charge in [-0.3, -0.25) is 4.79 Å². The molecule has 0 aliphatic heterocycles. The van der Waals surface area contributed by atoms with E-state index in [0.29, 0.717) is 23.8 Å². The first kappa shape index (κ1) is 25.9. The highest BCUT2D eigenvalue weighted by atomic mass is 19.1. The van der Waals surface area contributed by atoms with E-state index in [1.807, 2.05) is 18.2 Å². The number of carboxylic acids is 1. The van der Waals surface area contributed by atoms with Gasteiger partial charge in [0.1, 0.15) is 23.9 Å². The minimum atomic E-state index is -0.698.